The highest BCUT2D eigenvalue weighted by molar-refractivity contribution is 7.14. The van der Waals surface area contributed by atoms with Gasteiger partial charge in [-0.3, -0.25) is 4.79 Å². The summed E-state index contributed by atoms with van der Waals surface area (Å²) in [5.41, 5.74) is 1.30. The molecular weight excluding hydrogens is 322 g/mol. The van der Waals surface area contributed by atoms with Crippen LogP contribution in [0.1, 0.15) is 78.4 Å². The van der Waals surface area contributed by atoms with Gasteiger partial charge in [0.1, 0.15) is 4.88 Å². The fourth-order valence-corrected chi connectivity index (χ4v) is 4.74. The Labute approximate surface area is 148 Å². The number of carbonyl (C=O) groups is 2. The van der Waals surface area contributed by atoms with E-state index in [1.54, 1.807) is 6.92 Å². The van der Waals surface area contributed by atoms with E-state index in [0.29, 0.717) is 4.88 Å². The molecule has 4 nitrogen and oxygen atoms in total. The predicted octanol–water partition coefficient (Wildman–Crippen LogP) is 4.01. The maximum atomic E-state index is 12.4. The van der Waals surface area contributed by atoms with Crippen molar-refractivity contribution in [1.82, 2.24) is 5.32 Å². The van der Waals surface area contributed by atoms with Gasteiger partial charge in [0.2, 0.25) is 0 Å². The van der Waals surface area contributed by atoms with Gasteiger partial charge in [0.05, 0.1) is 0 Å². The minimum Gasteiger partial charge on any atom is -0.448 e. The Morgan fingerprint density at radius 1 is 1.12 bits per heavy atom. The molecule has 0 aliphatic heterocycles. The largest absolute Gasteiger partial charge is 0.448 e. The number of esters is 1. The lowest BCUT2D eigenvalue weighted by Crippen LogP contribution is -2.42. The van der Waals surface area contributed by atoms with Crippen LogP contribution >= 0.6 is 11.3 Å². The molecule has 24 heavy (non-hydrogen) atoms. The van der Waals surface area contributed by atoms with Crippen molar-refractivity contribution < 1.29 is 14.3 Å². The van der Waals surface area contributed by atoms with Gasteiger partial charge >= 0.3 is 5.97 Å². The molecule has 1 N–H and O–H groups in total. The summed E-state index contributed by atoms with van der Waals surface area (Å²) >= 11 is 1.54. The molecule has 0 spiro atoms. The van der Waals surface area contributed by atoms with Crippen LogP contribution in [0.2, 0.25) is 0 Å². The number of aryl methyl sites for hydroxylation is 2. The van der Waals surface area contributed by atoms with Gasteiger partial charge in [-0.25, -0.2) is 4.79 Å². The highest BCUT2D eigenvalue weighted by atomic mass is 32.1. The van der Waals surface area contributed by atoms with Crippen molar-refractivity contribution in [1.29, 1.82) is 0 Å². The molecule has 1 amide bonds. The lowest BCUT2D eigenvalue weighted by molar-refractivity contribution is -0.130. The Hall–Kier alpha value is -1.36. The Morgan fingerprint density at radius 2 is 1.83 bits per heavy atom. The highest BCUT2D eigenvalue weighted by Crippen LogP contribution is 2.29. The van der Waals surface area contributed by atoms with E-state index in [4.69, 9.17) is 4.74 Å². The third kappa shape index (κ3) is 4.38. The Bertz CT molecular complexity index is 566. The SMILES string of the molecule is C[C@H](OC(=O)c1cc2c(s1)CCCCC2)C(=O)NC1CCCCC1. The summed E-state index contributed by atoms with van der Waals surface area (Å²) in [5, 5.41) is 3.02. The van der Waals surface area contributed by atoms with Crippen LogP contribution in [0, 0.1) is 0 Å². The lowest BCUT2D eigenvalue weighted by atomic mass is 9.95. The molecule has 1 saturated carbocycles. The van der Waals surface area contributed by atoms with Crippen molar-refractivity contribution in [2.45, 2.75) is 83.3 Å². The van der Waals surface area contributed by atoms with E-state index < -0.39 is 6.10 Å². The summed E-state index contributed by atoms with van der Waals surface area (Å²) in [7, 11) is 0. The standard InChI is InChI=1S/C19H27NO3S/c1-13(18(21)20-15-9-5-3-6-10-15)23-19(22)17-12-14-8-4-2-7-11-16(14)24-17/h12-13,15H,2-11H2,1H3,(H,20,21)/t13-/m0/s1. The Balaban J connectivity index is 1.54. The topological polar surface area (TPSA) is 55.4 Å². The van der Waals surface area contributed by atoms with Crippen LogP contribution in [-0.4, -0.2) is 24.0 Å². The van der Waals surface area contributed by atoms with Gasteiger partial charge in [-0.05, 0) is 57.1 Å². The maximum absolute atomic E-state index is 12.4. The van der Waals surface area contributed by atoms with Crippen LogP contribution in [0.25, 0.3) is 0 Å². The molecule has 5 heteroatoms. The summed E-state index contributed by atoms with van der Waals surface area (Å²) in [4.78, 5) is 26.6. The van der Waals surface area contributed by atoms with Crippen molar-refractivity contribution in [3.8, 4) is 0 Å². The summed E-state index contributed by atoms with van der Waals surface area (Å²) in [6.07, 6.45) is 10.7. The second-order valence-corrected chi connectivity index (χ2v) is 8.15. The van der Waals surface area contributed by atoms with E-state index in [-0.39, 0.29) is 17.9 Å². The number of rotatable bonds is 4. The molecule has 1 atom stereocenters. The van der Waals surface area contributed by atoms with Crippen molar-refractivity contribution in [3.05, 3.63) is 21.4 Å². The molecule has 1 heterocycles. The second-order valence-electron chi connectivity index (χ2n) is 7.01. The Kier molecular flexibility index (Phi) is 5.93. The van der Waals surface area contributed by atoms with Crippen molar-refractivity contribution in [2.24, 2.45) is 0 Å². The van der Waals surface area contributed by atoms with E-state index in [2.05, 4.69) is 5.32 Å². The number of amides is 1. The van der Waals surface area contributed by atoms with Crippen LogP contribution in [-0.2, 0) is 22.4 Å². The minimum absolute atomic E-state index is 0.173. The zero-order valence-electron chi connectivity index (χ0n) is 14.4. The first-order valence-corrected chi connectivity index (χ1v) is 10.1. The molecule has 1 aromatic heterocycles. The fourth-order valence-electron chi connectivity index (χ4n) is 3.61. The molecule has 2 aliphatic carbocycles. The number of nitrogens with one attached hydrogen (secondary N) is 1. The van der Waals surface area contributed by atoms with Gasteiger partial charge < -0.3 is 10.1 Å². The summed E-state index contributed by atoms with van der Waals surface area (Å²) < 4.78 is 5.41. The number of ether oxygens (including phenoxy) is 1. The van der Waals surface area contributed by atoms with Crippen LogP contribution in [0.4, 0.5) is 0 Å². The van der Waals surface area contributed by atoms with Crippen molar-refractivity contribution in [2.75, 3.05) is 0 Å². The average Bonchev–Trinajstić information content (AvgIpc) is 2.87. The monoisotopic (exact) mass is 349 g/mol. The highest BCUT2D eigenvalue weighted by Gasteiger charge is 2.24. The molecule has 132 valence electrons. The van der Waals surface area contributed by atoms with Crippen molar-refractivity contribution in [3.63, 3.8) is 0 Å². The molecule has 3 rings (SSSR count). The minimum atomic E-state index is -0.735. The summed E-state index contributed by atoms with van der Waals surface area (Å²) in [5.74, 6) is -0.535. The number of fused-ring (bicyclic) bond motifs is 1. The van der Waals surface area contributed by atoms with E-state index in [9.17, 15) is 9.59 Å². The predicted molar refractivity (Wildman–Crippen MR) is 95.5 cm³/mol. The molecule has 0 saturated heterocycles. The van der Waals surface area contributed by atoms with E-state index >= 15 is 0 Å². The number of thiophene rings is 1. The van der Waals surface area contributed by atoms with Gasteiger partial charge in [0, 0.05) is 10.9 Å². The fraction of sp³-hybridized carbons (Fsp3) is 0.684. The van der Waals surface area contributed by atoms with Gasteiger partial charge in [0.15, 0.2) is 6.10 Å². The molecule has 1 fully saturated rings. The molecule has 0 aromatic carbocycles. The molecule has 2 aliphatic rings. The quantitative estimate of drug-likeness (QED) is 0.660. The first kappa shape index (κ1) is 17.5. The Morgan fingerprint density at radius 3 is 2.62 bits per heavy atom. The molecule has 0 unspecified atom stereocenters. The molecule has 1 aromatic rings. The van der Waals surface area contributed by atoms with Gasteiger partial charge in [0.25, 0.3) is 5.91 Å². The van der Waals surface area contributed by atoms with Gasteiger partial charge in [-0.2, -0.15) is 0 Å². The maximum Gasteiger partial charge on any atom is 0.349 e. The van der Waals surface area contributed by atoms with Crippen LogP contribution < -0.4 is 5.32 Å². The molecular formula is C19H27NO3S. The number of hydrogen-bond acceptors (Lipinski definition) is 4. The van der Waals surface area contributed by atoms with E-state index in [1.807, 2.05) is 6.07 Å². The van der Waals surface area contributed by atoms with Crippen molar-refractivity contribution >= 4 is 23.2 Å². The van der Waals surface area contributed by atoms with Crippen LogP contribution in [0.15, 0.2) is 6.07 Å². The van der Waals surface area contributed by atoms with Gasteiger partial charge in [-0.1, -0.05) is 25.7 Å². The zero-order valence-corrected chi connectivity index (χ0v) is 15.3. The molecule has 0 bridgehead atoms. The van der Waals surface area contributed by atoms with Gasteiger partial charge in [-0.15, -0.1) is 11.3 Å². The zero-order chi connectivity index (χ0) is 16.9. The lowest BCUT2D eigenvalue weighted by Gasteiger charge is -2.24. The normalized spacial score (nSPS) is 19.9. The van der Waals surface area contributed by atoms with Crippen LogP contribution in [0.3, 0.4) is 0 Å². The second kappa shape index (κ2) is 8.15. The third-order valence-electron chi connectivity index (χ3n) is 5.05. The summed E-state index contributed by atoms with van der Waals surface area (Å²) in [6, 6.07) is 2.21. The number of hydrogen-bond donors (Lipinski definition) is 1. The summed E-state index contributed by atoms with van der Waals surface area (Å²) in [6.45, 7) is 1.66. The first-order chi connectivity index (χ1) is 11.6. The number of carbonyl (C=O) groups excluding carboxylic acids is 2. The average molecular weight is 349 g/mol. The van der Waals surface area contributed by atoms with Crippen LogP contribution in [0.5, 0.6) is 0 Å². The smallest absolute Gasteiger partial charge is 0.349 e. The van der Waals surface area contributed by atoms with E-state index in [1.165, 1.54) is 60.3 Å². The molecule has 0 radical (unpaired) electrons. The first-order valence-electron chi connectivity index (χ1n) is 9.26. The van der Waals surface area contributed by atoms with E-state index in [0.717, 1.165) is 25.7 Å². The third-order valence-corrected chi connectivity index (χ3v) is 6.27.